The minimum Gasteiger partial charge on any atom is -0.325 e. The third kappa shape index (κ3) is 5.26. The van der Waals surface area contributed by atoms with Crippen LogP contribution in [0.4, 0.5) is 14.5 Å². The van der Waals surface area contributed by atoms with Gasteiger partial charge in [0.05, 0.1) is 6.54 Å². The Hall–Kier alpha value is -1.18. The monoisotopic (exact) mass is 315 g/mol. The zero-order valence-electron chi connectivity index (χ0n) is 11.8. The summed E-state index contributed by atoms with van der Waals surface area (Å²) >= 11 is 0.494. The zero-order chi connectivity index (χ0) is 15.2. The number of carbonyl (C=O) groups excluding carboxylic acids is 1. The molecule has 0 saturated carbocycles. The molecule has 1 aromatic rings. The predicted molar refractivity (Wildman–Crippen MR) is 80.8 cm³/mol. The number of amides is 1. The quantitative estimate of drug-likeness (QED) is 0.818. The zero-order valence-corrected chi connectivity index (χ0v) is 12.6. The summed E-state index contributed by atoms with van der Waals surface area (Å²) in [5.41, 5.74) is 0.626. The number of hydrogen-bond donors (Lipinski definition) is 2. The Balaban J connectivity index is 1.84. The molecule has 1 fully saturated rings. The average molecular weight is 315 g/mol. The van der Waals surface area contributed by atoms with Gasteiger partial charge in [0.2, 0.25) is 5.91 Å². The van der Waals surface area contributed by atoms with E-state index in [0.29, 0.717) is 34.9 Å². The first-order valence-electron chi connectivity index (χ1n) is 6.84. The molecule has 0 unspecified atom stereocenters. The smallest absolute Gasteiger partial charge is 0.288 e. The van der Waals surface area contributed by atoms with E-state index in [1.807, 2.05) is 0 Å². The van der Waals surface area contributed by atoms with E-state index in [2.05, 4.69) is 22.5 Å². The molecule has 116 valence electrons. The van der Waals surface area contributed by atoms with Crippen LogP contribution >= 0.6 is 11.8 Å². The SMILES string of the molecule is C[C@@H]1CNCCN1CC(=O)Nc1ccc(SC(F)F)cc1. The van der Waals surface area contributed by atoms with Crippen LogP contribution in [0.15, 0.2) is 29.2 Å². The average Bonchev–Trinajstić information content (AvgIpc) is 2.43. The third-order valence-electron chi connectivity index (χ3n) is 3.35. The van der Waals surface area contributed by atoms with Gasteiger partial charge in [0.25, 0.3) is 5.76 Å². The van der Waals surface area contributed by atoms with Gasteiger partial charge in [-0.25, -0.2) is 0 Å². The van der Waals surface area contributed by atoms with E-state index < -0.39 is 5.76 Å². The second-order valence-electron chi connectivity index (χ2n) is 4.97. The molecule has 1 aliphatic heterocycles. The van der Waals surface area contributed by atoms with Crippen molar-refractivity contribution in [3.8, 4) is 0 Å². The number of alkyl halides is 2. The second kappa shape index (κ2) is 7.72. The summed E-state index contributed by atoms with van der Waals surface area (Å²) in [6.07, 6.45) is 0. The fourth-order valence-corrected chi connectivity index (χ4v) is 2.72. The summed E-state index contributed by atoms with van der Waals surface area (Å²) in [4.78, 5) is 14.6. The van der Waals surface area contributed by atoms with Gasteiger partial charge in [-0.2, -0.15) is 8.78 Å². The van der Waals surface area contributed by atoms with Gasteiger partial charge < -0.3 is 10.6 Å². The Bertz CT molecular complexity index is 470. The number of carbonyl (C=O) groups is 1. The van der Waals surface area contributed by atoms with E-state index >= 15 is 0 Å². The lowest BCUT2D eigenvalue weighted by atomic mass is 10.2. The van der Waals surface area contributed by atoms with Crippen molar-refractivity contribution < 1.29 is 13.6 Å². The number of piperazine rings is 1. The minimum atomic E-state index is -2.43. The molecule has 2 N–H and O–H groups in total. The fraction of sp³-hybridized carbons (Fsp3) is 0.500. The van der Waals surface area contributed by atoms with Crippen LogP contribution < -0.4 is 10.6 Å². The van der Waals surface area contributed by atoms with E-state index in [1.54, 1.807) is 24.3 Å². The van der Waals surface area contributed by atoms with Gasteiger partial charge in [0.1, 0.15) is 0 Å². The highest BCUT2D eigenvalue weighted by Crippen LogP contribution is 2.26. The predicted octanol–water partition coefficient (Wildman–Crippen LogP) is 2.23. The first-order valence-corrected chi connectivity index (χ1v) is 7.72. The second-order valence-corrected chi connectivity index (χ2v) is 6.04. The van der Waals surface area contributed by atoms with Crippen molar-refractivity contribution in [2.24, 2.45) is 0 Å². The fourth-order valence-electron chi connectivity index (χ4n) is 2.22. The summed E-state index contributed by atoms with van der Waals surface area (Å²) < 4.78 is 24.4. The molecular weight excluding hydrogens is 296 g/mol. The Labute approximate surface area is 127 Å². The molecule has 1 heterocycles. The minimum absolute atomic E-state index is 0.0852. The number of rotatable bonds is 5. The van der Waals surface area contributed by atoms with Crippen LogP contribution in [0.25, 0.3) is 0 Å². The van der Waals surface area contributed by atoms with Gasteiger partial charge >= 0.3 is 0 Å². The highest BCUT2D eigenvalue weighted by atomic mass is 32.2. The van der Waals surface area contributed by atoms with Gasteiger partial charge in [-0.15, -0.1) is 0 Å². The lowest BCUT2D eigenvalue weighted by Crippen LogP contribution is -2.51. The lowest BCUT2D eigenvalue weighted by molar-refractivity contribution is -0.118. The summed E-state index contributed by atoms with van der Waals surface area (Å²) in [6, 6.07) is 6.78. The van der Waals surface area contributed by atoms with Crippen LogP contribution in [-0.2, 0) is 4.79 Å². The summed E-state index contributed by atoms with van der Waals surface area (Å²) in [7, 11) is 0. The van der Waals surface area contributed by atoms with Crippen LogP contribution in [0.3, 0.4) is 0 Å². The Morgan fingerprint density at radius 3 is 2.81 bits per heavy atom. The summed E-state index contributed by atoms with van der Waals surface area (Å²) in [6.45, 7) is 5.04. The number of nitrogens with one attached hydrogen (secondary N) is 2. The summed E-state index contributed by atoms with van der Waals surface area (Å²) in [5.74, 6) is -2.52. The topological polar surface area (TPSA) is 44.4 Å². The Kier molecular flexibility index (Phi) is 5.96. The standard InChI is InChI=1S/C14H19F2N3OS/c1-10-8-17-6-7-19(10)9-13(20)18-11-2-4-12(5-3-11)21-14(15)16/h2-5,10,14,17H,6-9H2,1H3,(H,18,20)/t10-/m1/s1. The molecule has 21 heavy (non-hydrogen) atoms. The molecule has 0 spiro atoms. The molecule has 2 rings (SSSR count). The molecule has 0 bridgehead atoms. The van der Waals surface area contributed by atoms with Crippen molar-refractivity contribution in [2.75, 3.05) is 31.5 Å². The van der Waals surface area contributed by atoms with Crippen molar-refractivity contribution >= 4 is 23.4 Å². The number of anilines is 1. The normalized spacial score (nSPS) is 19.7. The molecule has 0 aromatic heterocycles. The van der Waals surface area contributed by atoms with Gasteiger partial charge in [-0.3, -0.25) is 9.69 Å². The van der Waals surface area contributed by atoms with E-state index in [-0.39, 0.29) is 5.91 Å². The molecule has 7 heteroatoms. The number of hydrogen-bond acceptors (Lipinski definition) is 4. The van der Waals surface area contributed by atoms with Crippen LogP contribution in [-0.4, -0.2) is 48.8 Å². The number of thioether (sulfide) groups is 1. The van der Waals surface area contributed by atoms with E-state index in [0.717, 1.165) is 19.6 Å². The molecular formula is C14H19F2N3OS. The number of nitrogens with zero attached hydrogens (tertiary/aromatic N) is 1. The highest BCUT2D eigenvalue weighted by Gasteiger charge is 2.20. The molecule has 1 aliphatic rings. The maximum absolute atomic E-state index is 12.2. The van der Waals surface area contributed by atoms with Crippen molar-refractivity contribution in [2.45, 2.75) is 23.6 Å². The van der Waals surface area contributed by atoms with E-state index in [1.165, 1.54) is 0 Å². The van der Waals surface area contributed by atoms with E-state index in [4.69, 9.17) is 0 Å². The first kappa shape index (κ1) is 16.2. The van der Waals surface area contributed by atoms with Crippen LogP contribution in [0.2, 0.25) is 0 Å². The van der Waals surface area contributed by atoms with Crippen LogP contribution in [0, 0.1) is 0 Å². The molecule has 0 aliphatic carbocycles. The van der Waals surface area contributed by atoms with Crippen molar-refractivity contribution in [3.63, 3.8) is 0 Å². The Morgan fingerprint density at radius 1 is 1.48 bits per heavy atom. The molecule has 1 saturated heterocycles. The van der Waals surface area contributed by atoms with Gasteiger partial charge in [0.15, 0.2) is 0 Å². The van der Waals surface area contributed by atoms with Gasteiger partial charge in [0, 0.05) is 36.3 Å². The molecule has 1 atom stereocenters. The molecule has 1 amide bonds. The van der Waals surface area contributed by atoms with Crippen LogP contribution in [0.1, 0.15) is 6.92 Å². The molecule has 0 radical (unpaired) electrons. The first-order chi connectivity index (χ1) is 10.0. The maximum atomic E-state index is 12.2. The Morgan fingerprint density at radius 2 is 2.19 bits per heavy atom. The van der Waals surface area contributed by atoms with Crippen molar-refractivity contribution in [1.82, 2.24) is 10.2 Å². The maximum Gasteiger partial charge on any atom is 0.288 e. The van der Waals surface area contributed by atoms with Crippen molar-refractivity contribution in [3.05, 3.63) is 24.3 Å². The molecule has 4 nitrogen and oxygen atoms in total. The number of benzene rings is 1. The van der Waals surface area contributed by atoms with Crippen LogP contribution in [0.5, 0.6) is 0 Å². The van der Waals surface area contributed by atoms with E-state index in [9.17, 15) is 13.6 Å². The molecule has 1 aromatic carbocycles. The highest BCUT2D eigenvalue weighted by molar-refractivity contribution is 7.99. The third-order valence-corrected chi connectivity index (χ3v) is 4.07. The van der Waals surface area contributed by atoms with Crippen molar-refractivity contribution in [1.29, 1.82) is 0 Å². The number of halogens is 2. The largest absolute Gasteiger partial charge is 0.325 e. The van der Waals surface area contributed by atoms with Gasteiger partial charge in [-0.05, 0) is 31.2 Å². The lowest BCUT2D eigenvalue weighted by Gasteiger charge is -2.33. The van der Waals surface area contributed by atoms with Gasteiger partial charge in [-0.1, -0.05) is 11.8 Å². The summed E-state index contributed by atoms with van der Waals surface area (Å²) in [5, 5.41) is 6.06.